The first-order valence-electron chi connectivity index (χ1n) is 12.6. The van der Waals surface area contributed by atoms with E-state index in [2.05, 4.69) is 64.6 Å². The number of hydrogen-bond donors (Lipinski definition) is 2. The topological polar surface area (TPSA) is 85.4 Å². The van der Waals surface area contributed by atoms with Gasteiger partial charge in [0.15, 0.2) is 0 Å². The second-order valence-electron chi connectivity index (χ2n) is 10.2. The summed E-state index contributed by atoms with van der Waals surface area (Å²) in [4.78, 5) is 19.0. The molecule has 0 radical (unpaired) electrons. The van der Waals surface area contributed by atoms with Crippen LogP contribution in [0, 0.1) is 11.3 Å². The number of fused-ring (bicyclic) bond motifs is 1. The van der Waals surface area contributed by atoms with Crippen molar-refractivity contribution in [2.75, 3.05) is 33.2 Å². The van der Waals surface area contributed by atoms with E-state index in [0.29, 0.717) is 19.3 Å². The Bertz CT molecular complexity index is 1220. The van der Waals surface area contributed by atoms with E-state index >= 15 is 0 Å². The third-order valence-electron chi connectivity index (χ3n) is 7.42. The molecular weight excluding hydrogens is 466 g/mol. The second-order valence-corrected chi connectivity index (χ2v) is 11.2. The van der Waals surface area contributed by atoms with Crippen molar-refractivity contribution in [3.05, 3.63) is 81.5 Å². The summed E-state index contributed by atoms with van der Waals surface area (Å²) in [6.07, 6.45) is 1.51. The summed E-state index contributed by atoms with van der Waals surface area (Å²) in [5.41, 5.74) is 11.3. The zero-order valence-corrected chi connectivity index (χ0v) is 21.6. The molecular formula is C29H33N5OS. The van der Waals surface area contributed by atoms with Gasteiger partial charge in [0, 0.05) is 56.9 Å². The summed E-state index contributed by atoms with van der Waals surface area (Å²) in [7, 11) is 2.18. The molecule has 0 saturated carbocycles. The molecule has 1 unspecified atom stereocenters. The first kappa shape index (κ1) is 24.7. The van der Waals surface area contributed by atoms with Crippen molar-refractivity contribution in [3.63, 3.8) is 0 Å². The Morgan fingerprint density at radius 1 is 1.03 bits per heavy atom. The molecule has 2 atom stereocenters. The van der Waals surface area contributed by atoms with Crippen LogP contribution >= 0.6 is 11.3 Å². The molecule has 186 valence electrons. The van der Waals surface area contributed by atoms with Crippen LogP contribution in [-0.4, -0.2) is 60.5 Å². The number of rotatable bonds is 7. The molecule has 1 aromatic heterocycles. The quantitative estimate of drug-likeness (QED) is 0.522. The minimum atomic E-state index is -0.960. The van der Waals surface area contributed by atoms with E-state index in [1.807, 2.05) is 23.6 Å². The largest absolute Gasteiger partial charge is 0.338 e. The highest BCUT2D eigenvalue weighted by molar-refractivity contribution is 7.10. The van der Waals surface area contributed by atoms with Crippen LogP contribution in [0.2, 0.25) is 0 Å². The summed E-state index contributed by atoms with van der Waals surface area (Å²) in [6, 6.07) is 20.7. The molecule has 7 heteroatoms. The Labute approximate surface area is 217 Å². The SMILES string of the molecule is CN1CCN(Cc2ccc(-c3ccc(CC(C#N)NC(=O)[C@]4(N)Cc5ccsc5C4)cc3)cc2)CC1. The average molecular weight is 500 g/mol. The van der Waals surface area contributed by atoms with Gasteiger partial charge in [-0.2, -0.15) is 5.26 Å². The number of carbonyl (C=O) groups excluding carboxylic acids is 1. The molecule has 36 heavy (non-hydrogen) atoms. The molecule has 2 aromatic carbocycles. The molecule has 2 heterocycles. The standard InChI is InChI=1S/C29H33N5OS/c1-33-11-13-34(14-12-33)20-22-4-8-24(9-5-22)23-6-2-21(3-7-23)16-26(19-30)32-28(35)29(31)17-25-10-15-36-27(25)18-29/h2-10,15,26H,11-14,16-18,20,31H2,1H3,(H,32,35)/t26?,29-/m0/s1. The number of amides is 1. The maximum atomic E-state index is 12.9. The third kappa shape index (κ3) is 5.53. The van der Waals surface area contributed by atoms with E-state index in [-0.39, 0.29) is 5.91 Å². The van der Waals surface area contributed by atoms with Crippen LogP contribution in [0.4, 0.5) is 0 Å². The van der Waals surface area contributed by atoms with Crippen molar-refractivity contribution in [1.29, 1.82) is 5.26 Å². The predicted molar refractivity (Wildman–Crippen MR) is 145 cm³/mol. The van der Waals surface area contributed by atoms with Crippen LogP contribution in [0.3, 0.4) is 0 Å². The zero-order valence-electron chi connectivity index (χ0n) is 20.7. The van der Waals surface area contributed by atoms with Gasteiger partial charge in [-0.25, -0.2) is 0 Å². The van der Waals surface area contributed by atoms with Crippen LogP contribution < -0.4 is 11.1 Å². The minimum Gasteiger partial charge on any atom is -0.338 e. The van der Waals surface area contributed by atoms with Gasteiger partial charge in [0.1, 0.15) is 11.6 Å². The number of likely N-dealkylation sites (N-methyl/N-ethyl adjacent to an activating group) is 1. The van der Waals surface area contributed by atoms with Crippen molar-refractivity contribution in [2.45, 2.75) is 37.4 Å². The Hall–Kier alpha value is -3.02. The monoisotopic (exact) mass is 499 g/mol. The maximum absolute atomic E-state index is 12.9. The van der Waals surface area contributed by atoms with Gasteiger partial charge in [0.05, 0.1) is 6.07 Å². The Morgan fingerprint density at radius 3 is 2.28 bits per heavy atom. The van der Waals surface area contributed by atoms with E-state index in [1.165, 1.54) is 16.0 Å². The Morgan fingerprint density at radius 2 is 1.67 bits per heavy atom. The fourth-order valence-corrected chi connectivity index (χ4v) is 6.12. The van der Waals surface area contributed by atoms with Crippen molar-refractivity contribution in [2.24, 2.45) is 5.73 Å². The van der Waals surface area contributed by atoms with Crippen molar-refractivity contribution < 1.29 is 4.79 Å². The Kier molecular flexibility index (Phi) is 7.22. The maximum Gasteiger partial charge on any atom is 0.241 e. The number of nitrogens with zero attached hydrogens (tertiary/aromatic N) is 3. The minimum absolute atomic E-state index is 0.245. The normalized spacial score (nSPS) is 21.0. The number of nitriles is 1. The number of benzene rings is 2. The number of thiophene rings is 1. The van der Waals surface area contributed by atoms with Gasteiger partial charge in [-0.05, 0) is 46.3 Å². The molecule has 5 rings (SSSR count). The molecule has 0 spiro atoms. The highest BCUT2D eigenvalue weighted by atomic mass is 32.1. The molecule has 6 nitrogen and oxygen atoms in total. The van der Waals surface area contributed by atoms with Crippen molar-refractivity contribution >= 4 is 17.2 Å². The fourth-order valence-electron chi connectivity index (χ4n) is 5.10. The first-order valence-corrected chi connectivity index (χ1v) is 13.4. The number of nitrogens with one attached hydrogen (secondary N) is 1. The molecule has 1 saturated heterocycles. The van der Waals surface area contributed by atoms with Crippen LogP contribution in [0.15, 0.2) is 60.0 Å². The third-order valence-corrected chi connectivity index (χ3v) is 8.38. The molecule has 3 aromatic rings. The van der Waals surface area contributed by atoms with Crippen molar-refractivity contribution in [3.8, 4) is 17.2 Å². The van der Waals surface area contributed by atoms with Gasteiger partial charge in [-0.1, -0.05) is 48.5 Å². The summed E-state index contributed by atoms with van der Waals surface area (Å²) in [5.74, 6) is -0.245. The highest BCUT2D eigenvalue weighted by Gasteiger charge is 2.41. The number of nitrogens with two attached hydrogens (primary N) is 1. The fraction of sp³-hybridized carbons (Fsp3) is 0.379. The van der Waals surface area contributed by atoms with Gasteiger partial charge in [0.2, 0.25) is 5.91 Å². The summed E-state index contributed by atoms with van der Waals surface area (Å²) in [6.45, 7) is 5.48. The Balaban J connectivity index is 1.16. The van der Waals surface area contributed by atoms with E-state index in [9.17, 15) is 10.1 Å². The predicted octanol–water partition coefficient (Wildman–Crippen LogP) is 3.21. The lowest BCUT2D eigenvalue weighted by atomic mass is 9.95. The van der Waals surface area contributed by atoms with Gasteiger partial charge < -0.3 is 16.0 Å². The van der Waals surface area contributed by atoms with Gasteiger partial charge >= 0.3 is 0 Å². The van der Waals surface area contributed by atoms with E-state index < -0.39 is 11.6 Å². The van der Waals surface area contributed by atoms with Crippen LogP contribution in [0.1, 0.15) is 21.6 Å². The van der Waals surface area contributed by atoms with Gasteiger partial charge in [-0.15, -0.1) is 11.3 Å². The number of carbonyl (C=O) groups is 1. The molecule has 0 bridgehead atoms. The summed E-state index contributed by atoms with van der Waals surface area (Å²) in [5, 5.41) is 14.6. The number of piperazine rings is 1. The first-order chi connectivity index (χ1) is 17.4. The highest BCUT2D eigenvalue weighted by Crippen LogP contribution is 2.32. The summed E-state index contributed by atoms with van der Waals surface area (Å²) < 4.78 is 0. The smallest absolute Gasteiger partial charge is 0.241 e. The van der Waals surface area contributed by atoms with Crippen LogP contribution in [-0.2, 0) is 30.6 Å². The lowest BCUT2D eigenvalue weighted by Gasteiger charge is -2.32. The molecule has 1 aliphatic carbocycles. The lowest BCUT2D eigenvalue weighted by molar-refractivity contribution is -0.126. The van der Waals surface area contributed by atoms with E-state index in [0.717, 1.165) is 49.4 Å². The average Bonchev–Trinajstić information content (AvgIpc) is 3.45. The second kappa shape index (κ2) is 10.5. The van der Waals surface area contributed by atoms with Gasteiger partial charge in [-0.3, -0.25) is 9.69 Å². The zero-order chi connectivity index (χ0) is 25.1. The molecule has 1 amide bonds. The van der Waals surface area contributed by atoms with Crippen LogP contribution in [0.25, 0.3) is 11.1 Å². The molecule has 2 aliphatic rings. The summed E-state index contributed by atoms with van der Waals surface area (Å²) >= 11 is 1.64. The molecule has 1 aliphatic heterocycles. The van der Waals surface area contributed by atoms with E-state index in [1.54, 1.807) is 11.3 Å². The van der Waals surface area contributed by atoms with Gasteiger partial charge in [0.25, 0.3) is 0 Å². The van der Waals surface area contributed by atoms with Crippen LogP contribution in [0.5, 0.6) is 0 Å². The van der Waals surface area contributed by atoms with E-state index in [4.69, 9.17) is 5.73 Å². The molecule has 3 N–H and O–H groups in total. The lowest BCUT2D eigenvalue weighted by Crippen LogP contribution is -2.57. The number of hydrogen-bond acceptors (Lipinski definition) is 6. The van der Waals surface area contributed by atoms with Crippen molar-refractivity contribution in [1.82, 2.24) is 15.1 Å². The molecule has 1 fully saturated rings.